The van der Waals surface area contributed by atoms with E-state index in [0.717, 1.165) is 16.8 Å². The maximum absolute atomic E-state index is 10.1. The molecule has 5 nitrogen and oxygen atoms in total. The van der Waals surface area contributed by atoms with Crippen LogP contribution in [0.2, 0.25) is 0 Å². The minimum atomic E-state index is 0.0938. The van der Waals surface area contributed by atoms with Crippen LogP contribution in [-0.4, -0.2) is 16.0 Å². The molecule has 0 fully saturated rings. The van der Waals surface area contributed by atoms with Crippen LogP contribution in [0.3, 0.4) is 0 Å². The monoisotopic (exact) mass is 215 g/mol. The van der Waals surface area contributed by atoms with Crippen LogP contribution in [0.5, 0.6) is 0 Å². The van der Waals surface area contributed by atoms with E-state index in [4.69, 9.17) is 0 Å². The molecule has 1 heterocycles. The highest BCUT2D eigenvalue weighted by molar-refractivity contribution is 6.09. The predicted octanol–water partition coefficient (Wildman–Crippen LogP) is 2.26. The van der Waals surface area contributed by atoms with Crippen molar-refractivity contribution in [2.75, 3.05) is 0 Å². The number of hydroxylamine groups is 2. The van der Waals surface area contributed by atoms with Gasteiger partial charge in [0.15, 0.2) is 5.82 Å². The largest absolute Gasteiger partial charge is 0.283 e. The molecule has 0 aromatic heterocycles. The van der Waals surface area contributed by atoms with E-state index in [9.17, 15) is 10.1 Å². The Morgan fingerprint density at radius 3 is 2.75 bits per heavy atom. The Bertz CT molecular complexity index is 477. The zero-order chi connectivity index (χ0) is 11.4. The third kappa shape index (κ3) is 2.04. The van der Waals surface area contributed by atoms with E-state index < -0.39 is 0 Å². The molecule has 1 aromatic carbocycles. The van der Waals surface area contributed by atoms with Gasteiger partial charge in [-0.2, -0.15) is 0 Å². The number of rotatable bonds is 2. The Labute approximate surface area is 92.0 Å². The van der Waals surface area contributed by atoms with Gasteiger partial charge in [-0.15, -0.1) is 4.91 Å². The third-order valence-electron chi connectivity index (χ3n) is 2.08. The zero-order valence-corrected chi connectivity index (χ0v) is 8.32. The quantitative estimate of drug-likeness (QED) is 0.769. The van der Waals surface area contributed by atoms with Crippen LogP contribution in [0.25, 0.3) is 0 Å². The van der Waals surface area contributed by atoms with Crippen LogP contribution in [0.4, 0.5) is 0 Å². The van der Waals surface area contributed by atoms with Crippen molar-refractivity contribution in [3.8, 4) is 0 Å². The van der Waals surface area contributed by atoms with E-state index in [2.05, 4.69) is 10.2 Å². The molecule has 1 N–H and O–H groups in total. The maximum Gasteiger partial charge on any atom is 0.179 e. The molecule has 0 spiro atoms. The molecule has 5 heteroatoms. The van der Waals surface area contributed by atoms with Crippen molar-refractivity contribution in [2.24, 2.45) is 10.2 Å². The van der Waals surface area contributed by atoms with Crippen LogP contribution in [0, 0.1) is 4.91 Å². The van der Waals surface area contributed by atoms with Crippen molar-refractivity contribution in [2.45, 2.75) is 0 Å². The first-order valence-electron chi connectivity index (χ1n) is 4.64. The summed E-state index contributed by atoms with van der Waals surface area (Å²) in [5, 5.41) is 12.7. The second-order valence-electron chi connectivity index (χ2n) is 3.12. The Morgan fingerprint density at radius 2 is 2.06 bits per heavy atom. The number of allylic oxidation sites excluding steroid dienone is 1. The minimum absolute atomic E-state index is 0.0938. The molecular weight excluding hydrogens is 206 g/mol. The van der Waals surface area contributed by atoms with Crippen molar-refractivity contribution in [1.29, 1.82) is 0 Å². The number of hydrogen-bond donors (Lipinski definition) is 1. The summed E-state index contributed by atoms with van der Waals surface area (Å²) in [6.07, 6.45) is 4.01. The highest BCUT2D eigenvalue weighted by Crippen LogP contribution is 2.14. The van der Waals surface area contributed by atoms with Gasteiger partial charge < -0.3 is 0 Å². The number of nitroso groups, excluding NO2 is 1. The molecule has 0 radical (unpaired) electrons. The predicted molar refractivity (Wildman–Crippen MR) is 59.6 cm³/mol. The zero-order valence-electron chi connectivity index (χ0n) is 8.32. The van der Waals surface area contributed by atoms with Crippen molar-refractivity contribution in [3.63, 3.8) is 0 Å². The van der Waals surface area contributed by atoms with Crippen molar-refractivity contribution >= 4 is 5.71 Å². The second-order valence-corrected chi connectivity index (χ2v) is 3.12. The molecule has 1 aliphatic rings. The summed E-state index contributed by atoms with van der Waals surface area (Å²) in [5.74, 6) is 0.0938. The van der Waals surface area contributed by atoms with Crippen LogP contribution >= 0.6 is 0 Å². The number of nitrogens with zero attached hydrogens (tertiary/aromatic N) is 3. The van der Waals surface area contributed by atoms with Gasteiger partial charge >= 0.3 is 0 Å². The van der Waals surface area contributed by atoms with Gasteiger partial charge in [0.25, 0.3) is 0 Å². The molecule has 1 aliphatic heterocycles. The molecule has 0 aliphatic carbocycles. The molecule has 0 bridgehead atoms. The molecule has 0 unspecified atom stereocenters. The van der Waals surface area contributed by atoms with Gasteiger partial charge in [0.05, 0.1) is 5.71 Å². The fourth-order valence-electron chi connectivity index (χ4n) is 1.33. The molecule has 2 rings (SSSR count). The van der Waals surface area contributed by atoms with Crippen LogP contribution < -0.4 is 0 Å². The summed E-state index contributed by atoms with van der Waals surface area (Å²) >= 11 is 0. The lowest BCUT2D eigenvalue weighted by Gasteiger charge is -2.16. The second kappa shape index (κ2) is 4.50. The highest BCUT2D eigenvalue weighted by atomic mass is 16.5. The third-order valence-corrected chi connectivity index (χ3v) is 2.08. The lowest BCUT2D eigenvalue weighted by Crippen LogP contribution is -2.16. The van der Waals surface area contributed by atoms with Gasteiger partial charge in [0.1, 0.15) is 6.20 Å². The van der Waals surface area contributed by atoms with Crippen molar-refractivity contribution in [3.05, 3.63) is 65.1 Å². The van der Waals surface area contributed by atoms with E-state index in [1.807, 2.05) is 30.3 Å². The van der Waals surface area contributed by atoms with E-state index in [0.29, 0.717) is 5.71 Å². The molecule has 0 saturated heterocycles. The van der Waals surface area contributed by atoms with E-state index in [1.54, 1.807) is 6.08 Å². The standard InChI is InChI=1S/C11H9N3O2/c15-12-8-11-13-10(6-7-14(11)16)9-4-2-1-3-5-9/h1-8,16H/b11-8-. The first-order chi connectivity index (χ1) is 7.81. The van der Waals surface area contributed by atoms with E-state index >= 15 is 0 Å². The lowest BCUT2D eigenvalue weighted by atomic mass is 10.1. The highest BCUT2D eigenvalue weighted by Gasteiger charge is 2.11. The molecule has 16 heavy (non-hydrogen) atoms. The minimum Gasteiger partial charge on any atom is -0.283 e. The van der Waals surface area contributed by atoms with Crippen molar-refractivity contribution < 1.29 is 5.21 Å². The average Bonchev–Trinajstić information content (AvgIpc) is 2.33. The van der Waals surface area contributed by atoms with E-state index in [1.165, 1.54) is 6.20 Å². The summed E-state index contributed by atoms with van der Waals surface area (Å²) < 4.78 is 0. The van der Waals surface area contributed by atoms with Gasteiger partial charge in [-0.3, -0.25) is 5.21 Å². The molecule has 0 amide bonds. The van der Waals surface area contributed by atoms with Gasteiger partial charge in [0, 0.05) is 11.8 Å². The maximum atomic E-state index is 10.1. The van der Waals surface area contributed by atoms with Crippen LogP contribution in [-0.2, 0) is 0 Å². The van der Waals surface area contributed by atoms with E-state index in [-0.39, 0.29) is 5.82 Å². The number of benzene rings is 1. The smallest absolute Gasteiger partial charge is 0.179 e. The van der Waals surface area contributed by atoms with Gasteiger partial charge in [0.2, 0.25) is 0 Å². The molecule has 1 aromatic rings. The van der Waals surface area contributed by atoms with Gasteiger partial charge in [-0.1, -0.05) is 30.3 Å². The molecule has 0 atom stereocenters. The average molecular weight is 215 g/mol. The SMILES string of the molecule is O=N/C=C1/N=C(c2ccccc2)C=CN1O. The Morgan fingerprint density at radius 1 is 1.31 bits per heavy atom. The number of hydrogen-bond acceptors (Lipinski definition) is 5. The molecular formula is C11H9N3O2. The Hall–Kier alpha value is -2.27. The van der Waals surface area contributed by atoms with Gasteiger partial charge in [-0.05, 0) is 11.3 Å². The topological polar surface area (TPSA) is 65.3 Å². The first kappa shape index (κ1) is 10.3. The van der Waals surface area contributed by atoms with Gasteiger partial charge in [-0.25, -0.2) is 10.1 Å². The molecule has 0 saturated carbocycles. The summed E-state index contributed by atoms with van der Waals surface area (Å²) in [6.45, 7) is 0. The summed E-state index contributed by atoms with van der Waals surface area (Å²) in [6, 6.07) is 9.46. The van der Waals surface area contributed by atoms with Crippen molar-refractivity contribution in [1.82, 2.24) is 5.06 Å². The summed E-state index contributed by atoms with van der Waals surface area (Å²) in [4.78, 5) is 14.2. The Kier molecular flexibility index (Phi) is 2.88. The number of aliphatic imine (C=N–C) groups is 1. The summed E-state index contributed by atoms with van der Waals surface area (Å²) in [7, 11) is 0. The normalized spacial score (nSPS) is 17.4. The Balaban J connectivity index is 2.37. The fraction of sp³-hybridized carbons (Fsp3) is 0. The van der Waals surface area contributed by atoms with Crippen LogP contribution in [0.15, 0.2) is 64.8 Å². The molecule has 80 valence electrons. The first-order valence-corrected chi connectivity index (χ1v) is 4.64. The summed E-state index contributed by atoms with van der Waals surface area (Å²) in [5.41, 5.74) is 1.57. The fourth-order valence-corrected chi connectivity index (χ4v) is 1.33. The van der Waals surface area contributed by atoms with Crippen LogP contribution in [0.1, 0.15) is 5.56 Å². The lowest BCUT2D eigenvalue weighted by molar-refractivity contribution is -0.00605.